The first-order valence-electron chi connectivity index (χ1n) is 4.28. The first-order valence-corrected chi connectivity index (χ1v) is 5.07. The van der Waals surface area contributed by atoms with Gasteiger partial charge in [0.2, 0.25) is 0 Å². The number of halogens is 1. The summed E-state index contributed by atoms with van der Waals surface area (Å²) in [5.41, 5.74) is 6.06. The van der Waals surface area contributed by atoms with Gasteiger partial charge in [0.25, 0.3) is 5.56 Å². The fraction of sp³-hybridized carbons (Fsp3) is 0. The van der Waals surface area contributed by atoms with E-state index >= 15 is 0 Å². The van der Waals surface area contributed by atoms with Crippen molar-refractivity contribution in [3.05, 3.63) is 45.2 Å². The van der Waals surface area contributed by atoms with Crippen LogP contribution in [0.5, 0.6) is 0 Å². The smallest absolute Gasteiger partial charge is 0.253 e. The number of anilines is 1. The Kier molecular flexibility index (Phi) is 2.55. The molecule has 0 bridgehead atoms. The first-order chi connectivity index (χ1) is 7.15. The molecular formula is C10H8BrN3O. The van der Waals surface area contributed by atoms with Crippen LogP contribution in [0, 0.1) is 0 Å². The van der Waals surface area contributed by atoms with Crippen LogP contribution >= 0.6 is 15.9 Å². The zero-order valence-electron chi connectivity index (χ0n) is 7.70. The Labute approximate surface area is 94.3 Å². The van der Waals surface area contributed by atoms with Gasteiger partial charge in [-0.3, -0.25) is 4.79 Å². The molecule has 0 aliphatic rings. The Morgan fingerprint density at radius 1 is 1.27 bits per heavy atom. The number of nitrogen functional groups attached to an aromatic ring is 1. The van der Waals surface area contributed by atoms with Crippen LogP contribution in [0.2, 0.25) is 0 Å². The van der Waals surface area contributed by atoms with Gasteiger partial charge in [-0.05, 0) is 12.1 Å². The maximum absolute atomic E-state index is 11.2. The summed E-state index contributed by atoms with van der Waals surface area (Å²) in [5, 5.41) is 0. The fourth-order valence-electron chi connectivity index (χ4n) is 1.22. The Morgan fingerprint density at radius 2 is 1.93 bits per heavy atom. The van der Waals surface area contributed by atoms with Gasteiger partial charge in [-0.2, -0.15) is 0 Å². The lowest BCUT2D eigenvalue weighted by Gasteiger charge is -2.01. The Hall–Kier alpha value is -1.62. The lowest BCUT2D eigenvalue weighted by Crippen LogP contribution is -2.09. The van der Waals surface area contributed by atoms with E-state index in [2.05, 4.69) is 25.9 Å². The van der Waals surface area contributed by atoms with Gasteiger partial charge >= 0.3 is 0 Å². The maximum Gasteiger partial charge on any atom is 0.253 e. The SMILES string of the molecule is Nc1cc(=O)[nH]c(-c2ccc(Br)cc2)n1. The number of aromatic nitrogens is 2. The standard InChI is InChI=1S/C10H8BrN3O/c11-7-3-1-6(2-4-7)10-13-8(12)5-9(15)14-10/h1-5H,(H3,12,13,14,15). The third-order valence-electron chi connectivity index (χ3n) is 1.88. The van der Waals surface area contributed by atoms with Crippen molar-refractivity contribution in [2.24, 2.45) is 0 Å². The van der Waals surface area contributed by atoms with E-state index in [4.69, 9.17) is 5.73 Å². The Balaban J connectivity index is 2.54. The molecule has 5 heteroatoms. The molecule has 0 aliphatic carbocycles. The molecule has 0 fully saturated rings. The molecule has 0 aliphatic heterocycles. The molecule has 0 unspecified atom stereocenters. The van der Waals surface area contributed by atoms with E-state index in [1.165, 1.54) is 6.07 Å². The summed E-state index contributed by atoms with van der Waals surface area (Å²) in [6, 6.07) is 8.70. The molecule has 2 aromatic rings. The molecule has 4 nitrogen and oxygen atoms in total. The topological polar surface area (TPSA) is 71.8 Å². The quantitative estimate of drug-likeness (QED) is 0.826. The molecule has 0 spiro atoms. The minimum Gasteiger partial charge on any atom is -0.383 e. The minimum atomic E-state index is -0.250. The van der Waals surface area contributed by atoms with Gasteiger partial charge < -0.3 is 10.7 Å². The average molecular weight is 266 g/mol. The van der Waals surface area contributed by atoms with Gasteiger partial charge in [-0.15, -0.1) is 0 Å². The van der Waals surface area contributed by atoms with Crippen LogP contribution in [0.25, 0.3) is 11.4 Å². The number of hydrogen-bond acceptors (Lipinski definition) is 3. The highest BCUT2D eigenvalue weighted by molar-refractivity contribution is 9.10. The van der Waals surface area contributed by atoms with Crippen LogP contribution in [-0.4, -0.2) is 9.97 Å². The van der Waals surface area contributed by atoms with E-state index in [0.717, 1.165) is 10.0 Å². The highest BCUT2D eigenvalue weighted by Crippen LogP contribution is 2.17. The predicted molar refractivity (Wildman–Crippen MR) is 62.4 cm³/mol. The van der Waals surface area contributed by atoms with Crippen molar-refractivity contribution < 1.29 is 0 Å². The molecule has 3 N–H and O–H groups in total. The van der Waals surface area contributed by atoms with Gasteiger partial charge in [0.05, 0.1) is 0 Å². The lowest BCUT2D eigenvalue weighted by molar-refractivity contribution is 1.14. The summed E-state index contributed by atoms with van der Waals surface area (Å²) in [6.07, 6.45) is 0. The second-order valence-electron chi connectivity index (χ2n) is 3.03. The molecule has 0 saturated carbocycles. The third kappa shape index (κ3) is 2.24. The molecular weight excluding hydrogens is 258 g/mol. The number of nitrogens with zero attached hydrogens (tertiary/aromatic N) is 1. The van der Waals surface area contributed by atoms with Crippen molar-refractivity contribution in [2.75, 3.05) is 5.73 Å². The summed E-state index contributed by atoms with van der Waals surface area (Å²) in [6.45, 7) is 0. The van der Waals surface area contributed by atoms with Crippen LogP contribution in [0.15, 0.2) is 39.6 Å². The fourth-order valence-corrected chi connectivity index (χ4v) is 1.49. The van der Waals surface area contributed by atoms with Crippen molar-refractivity contribution in [1.29, 1.82) is 0 Å². The molecule has 76 valence electrons. The molecule has 15 heavy (non-hydrogen) atoms. The van der Waals surface area contributed by atoms with Crippen LogP contribution in [-0.2, 0) is 0 Å². The van der Waals surface area contributed by atoms with Crippen LogP contribution in [0.3, 0.4) is 0 Å². The molecule has 2 rings (SSSR count). The van der Waals surface area contributed by atoms with Crippen molar-refractivity contribution in [1.82, 2.24) is 9.97 Å². The maximum atomic E-state index is 11.2. The van der Waals surface area contributed by atoms with E-state index in [1.54, 1.807) is 0 Å². The largest absolute Gasteiger partial charge is 0.383 e. The van der Waals surface area contributed by atoms with Gasteiger partial charge in [0.15, 0.2) is 0 Å². The molecule has 0 saturated heterocycles. The van der Waals surface area contributed by atoms with E-state index in [9.17, 15) is 4.79 Å². The number of aromatic amines is 1. The van der Waals surface area contributed by atoms with Crippen LogP contribution in [0.1, 0.15) is 0 Å². The normalized spacial score (nSPS) is 10.2. The molecule has 0 amide bonds. The highest BCUT2D eigenvalue weighted by Gasteiger charge is 2.01. The number of hydrogen-bond donors (Lipinski definition) is 2. The Bertz CT molecular complexity index is 533. The zero-order valence-corrected chi connectivity index (χ0v) is 9.28. The van der Waals surface area contributed by atoms with E-state index in [0.29, 0.717) is 5.82 Å². The molecule has 0 radical (unpaired) electrons. The van der Waals surface area contributed by atoms with Gasteiger partial charge in [-0.1, -0.05) is 28.1 Å². The second-order valence-corrected chi connectivity index (χ2v) is 3.94. The predicted octanol–water partition coefficient (Wildman–Crippen LogP) is 1.78. The molecule has 0 atom stereocenters. The molecule has 1 aromatic carbocycles. The van der Waals surface area contributed by atoms with E-state index in [-0.39, 0.29) is 11.4 Å². The third-order valence-corrected chi connectivity index (χ3v) is 2.41. The van der Waals surface area contributed by atoms with E-state index in [1.807, 2.05) is 24.3 Å². The first kappa shape index (κ1) is 9.92. The minimum absolute atomic E-state index is 0.219. The van der Waals surface area contributed by atoms with Gasteiger partial charge in [-0.25, -0.2) is 4.98 Å². The summed E-state index contributed by atoms with van der Waals surface area (Å²) in [5.74, 6) is 0.698. The number of benzene rings is 1. The van der Waals surface area contributed by atoms with Crippen molar-refractivity contribution in [3.8, 4) is 11.4 Å². The number of H-pyrrole nitrogens is 1. The molecule has 1 heterocycles. The monoisotopic (exact) mass is 265 g/mol. The second kappa shape index (κ2) is 3.86. The van der Waals surface area contributed by atoms with Crippen LogP contribution in [0.4, 0.5) is 5.82 Å². The van der Waals surface area contributed by atoms with Crippen molar-refractivity contribution in [2.45, 2.75) is 0 Å². The van der Waals surface area contributed by atoms with E-state index < -0.39 is 0 Å². The average Bonchev–Trinajstić information content (AvgIpc) is 2.17. The Morgan fingerprint density at radius 3 is 2.53 bits per heavy atom. The van der Waals surface area contributed by atoms with Gasteiger partial charge in [0, 0.05) is 16.1 Å². The summed E-state index contributed by atoms with van der Waals surface area (Å²) < 4.78 is 0.970. The van der Waals surface area contributed by atoms with Crippen molar-refractivity contribution >= 4 is 21.7 Å². The van der Waals surface area contributed by atoms with Crippen molar-refractivity contribution in [3.63, 3.8) is 0 Å². The van der Waals surface area contributed by atoms with Gasteiger partial charge in [0.1, 0.15) is 11.6 Å². The molecule has 1 aromatic heterocycles. The van der Waals surface area contributed by atoms with Crippen LogP contribution < -0.4 is 11.3 Å². The lowest BCUT2D eigenvalue weighted by atomic mass is 10.2. The zero-order chi connectivity index (χ0) is 10.8. The number of nitrogens with one attached hydrogen (secondary N) is 1. The number of rotatable bonds is 1. The summed E-state index contributed by atoms with van der Waals surface area (Å²) in [7, 11) is 0. The number of nitrogens with two attached hydrogens (primary N) is 1. The summed E-state index contributed by atoms with van der Waals surface area (Å²) in [4.78, 5) is 17.8. The highest BCUT2D eigenvalue weighted by atomic mass is 79.9. The summed E-state index contributed by atoms with van der Waals surface area (Å²) >= 11 is 3.33.